The van der Waals surface area contributed by atoms with Crippen LogP contribution in [-0.4, -0.2) is 0 Å². The summed E-state index contributed by atoms with van der Waals surface area (Å²) in [6.07, 6.45) is 0. The van der Waals surface area contributed by atoms with Gasteiger partial charge in [-0.15, -0.1) is 0 Å². The minimum Gasteiger partial charge on any atom is -0.489 e. The summed E-state index contributed by atoms with van der Waals surface area (Å²) in [5, 5.41) is 0. The Hall–Kier alpha value is -1.80. The molecule has 0 bridgehead atoms. The molecule has 0 aliphatic heterocycles. The van der Waals surface area contributed by atoms with Crippen molar-refractivity contribution >= 4 is 0 Å². The zero-order chi connectivity index (χ0) is 13.0. The highest BCUT2D eigenvalue weighted by molar-refractivity contribution is 5.38. The topological polar surface area (TPSA) is 35.2 Å². The molecule has 0 unspecified atom stereocenters. The third-order valence-corrected chi connectivity index (χ3v) is 2.89. The third kappa shape index (κ3) is 3.11. The van der Waals surface area contributed by atoms with Crippen LogP contribution in [-0.2, 0) is 6.61 Å². The molecule has 0 heterocycles. The first-order valence-electron chi connectivity index (χ1n) is 6.19. The average molecular weight is 241 g/mol. The number of rotatable bonds is 4. The maximum absolute atomic E-state index is 5.97. The average Bonchev–Trinajstić information content (AvgIpc) is 2.38. The predicted molar refractivity (Wildman–Crippen MR) is 74.6 cm³/mol. The van der Waals surface area contributed by atoms with Crippen molar-refractivity contribution in [2.45, 2.75) is 26.5 Å². The molecule has 0 aliphatic rings. The molecule has 2 N–H and O–H groups in total. The Bertz CT molecular complexity index is 506. The van der Waals surface area contributed by atoms with Crippen molar-refractivity contribution in [2.24, 2.45) is 5.73 Å². The van der Waals surface area contributed by atoms with Gasteiger partial charge in [0.25, 0.3) is 0 Å². The second-order valence-electron chi connectivity index (χ2n) is 4.60. The summed E-state index contributed by atoms with van der Waals surface area (Å²) in [6.45, 7) is 4.61. The highest BCUT2D eigenvalue weighted by atomic mass is 16.5. The van der Waals surface area contributed by atoms with E-state index in [2.05, 4.69) is 25.1 Å². The first-order valence-corrected chi connectivity index (χ1v) is 6.19. The maximum Gasteiger partial charge on any atom is 0.124 e. The fourth-order valence-electron chi connectivity index (χ4n) is 1.89. The van der Waals surface area contributed by atoms with E-state index < -0.39 is 0 Å². The Labute approximate surface area is 108 Å². The molecule has 0 saturated carbocycles. The van der Waals surface area contributed by atoms with Crippen LogP contribution in [0.1, 0.15) is 29.7 Å². The number of ether oxygens (including phenoxy) is 1. The smallest absolute Gasteiger partial charge is 0.124 e. The van der Waals surface area contributed by atoms with E-state index in [1.165, 1.54) is 5.56 Å². The predicted octanol–water partition coefficient (Wildman–Crippen LogP) is 3.59. The Kier molecular flexibility index (Phi) is 4.00. The molecule has 2 aromatic carbocycles. The normalized spacial score (nSPS) is 12.2. The van der Waals surface area contributed by atoms with Crippen LogP contribution in [0.25, 0.3) is 0 Å². The summed E-state index contributed by atoms with van der Waals surface area (Å²) >= 11 is 0. The van der Waals surface area contributed by atoms with E-state index in [1.54, 1.807) is 0 Å². The molecule has 18 heavy (non-hydrogen) atoms. The van der Waals surface area contributed by atoms with Crippen LogP contribution in [0.2, 0.25) is 0 Å². The van der Waals surface area contributed by atoms with Crippen molar-refractivity contribution in [3.63, 3.8) is 0 Å². The molecule has 0 aliphatic carbocycles. The second-order valence-corrected chi connectivity index (χ2v) is 4.60. The van der Waals surface area contributed by atoms with Gasteiger partial charge >= 0.3 is 0 Å². The van der Waals surface area contributed by atoms with Crippen molar-refractivity contribution in [1.29, 1.82) is 0 Å². The van der Waals surface area contributed by atoms with Crippen molar-refractivity contribution < 1.29 is 4.74 Å². The quantitative estimate of drug-likeness (QED) is 0.887. The molecule has 0 spiro atoms. The van der Waals surface area contributed by atoms with Crippen molar-refractivity contribution in [3.8, 4) is 5.75 Å². The van der Waals surface area contributed by atoms with Crippen LogP contribution in [0.3, 0.4) is 0 Å². The summed E-state index contributed by atoms with van der Waals surface area (Å²) in [7, 11) is 0. The SMILES string of the molecule is Cc1ccc(OCc2ccccc2)c([C@H](C)N)c1. The van der Waals surface area contributed by atoms with Gasteiger partial charge in [0.05, 0.1) is 0 Å². The van der Waals surface area contributed by atoms with E-state index in [0.717, 1.165) is 16.9 Å². The van der Waals surface area contributed by atoms with Gasteiger partial charge in [0, 0.05) is 11.6 Å². The van der Waals surface area contributed by atoms with Gasteiger partial charge in [-0.3, -0.25) is 0 Å². The van der Waals surface area contributed by atoms with Crippen LogP contribution < -0.4 is 10.5 Å². The molecule has 1 atom stereocenters. The lowest BCUT2D eigenvalue weighted by molar-refractivity contribution is 0.301. The van der Waals surface area contributed by atoms with Crippen LogP contribution in [0, 0.1) is 6.92 Å². The molecule has 2 aromatic rings. The van der Waals surface area contributed by atoms with E-state index in [0.29, 0.717) is 6.61 Å². The fourth-order valence-corrected chi connectivity index (χ4v) is 1.89. The van der Waals surface area contributed by atoms with E-state index in [9.17, 15) is 0 Å². The summed E-state index contributed by atoms with van der Waals surface area (Å²) in [5.41, 5.74) is 9.40. The molecule has 2 rings (SSSR count). The molecule has 0 saturated heterocycles. The lowest BCUT2D eigenvalue weighted by atomic mass is 10.1. The van der Waals surface area contributed by atoms with Crippen molar-refractivity contribution in [3.05, 3.63) is 65.2 Å². The Morgan fingerprint density at radius 3 is 2.50 bits per heavy atom. The molecule has 2 heteroatoms. The van der Waals surface area contributed by atoms with E-state index >= 15 is 0 Å². The molecule has 0 fully saturated rings. The number of benzene rings is 2. The van der Waals surface area contributed by atoms with Crippen molar-refractivity contribution in [1.82, 2.24) is 0 Å². The first-order chi connectivity index (χ1) is 8.66. The van der Waals surface area contributed by atoms with Gasteiger partial charge in [-0.2, -0.15) is 0 Å². The summed E-state index contributed by atoms with van der Waals surface area (Å²) in [5.74, 6) is 0.874. The Morgan fingerprint density at radius 2 is 1.83 bits per heavy atom. The minimum absolute atomic E-state index is 0.0179. The molecular weight excluding hydrogens is 222 g/mol. The van der Waals surface area contributed by atoms with Gasteiger partial charge in [0.15, 0.2) is 0 Å². The fraction of sp³-hybridized carbons (Fsp3) is 0.250. The molecule has 0 aromatic heterocycles. The van der Waals surface area contributed by atoms with E-state index in [1.807, 2.05) is 37.3 Å². The van der Waals surface area contributed by atoms with Crippen LogP contribution in [0.4, 0.5) is 0 Å². The first kappa shape index (κ1) is 12.7. The van der Waals surface area contributed by atoms with E-state index in [-0.39, 0.29) is 6.04 Å². The highest BCUT2D eigenvalue weighted by Crippen LogP contribution is 2.25. The summed E-state index contributed by atoms with van der Waals surface area (Å²) < 4.78 is 5.86. The van der Waals surface area contributed by atoms with Crippen LogP contribution in [0.15, 0.2) is 48.5 Å². The largest absolute Gasteiger partial charge is 0.489 e. The summed E-state index contributed by atoms with van der Waals surface area (Å²) in [6, 6.07) is 16.3. The van der Waals surface area contributed by atoms with Crippen LogP contribution >= 0.6 is 0 Å². The number of aryl methyl sites for hydroxylation is 1. The molecule has 2 nitrogen and oxygen atoms in total. The number of hydrogen-bond acceptors (Lipinski definition) is 2. The van der Waals surface area contributed by atoms with Gasteiger partial charge < -0.3 is 10.5 Å². The monoisotopic (exact) mass is 241 g/mol. The Morgan fingerprint density at radius 1 is 1.11 bits per heavy atom. The molecule has 0 amide bonds. The van der Waals surface area contributed by atoms with Gasteiger partial charge in [-0.05, 0) is 25.5 Å². The maximum atomic E-state index is 5.97. The standard InChI is InChI=1S/C16H19NO/c1-12-8-9-16(15(10-12)13(2)17)18-11-14-6-4-3-5-7-14/h3-10,13H,11,17H2,1-2H3/t13-/m0/s1. The Balaban J connectivity index is 2.14. The van der Waals surface area contributed by atoms with Gasteiger partial charge in [0.2, 0.25) is 0 Å². The van der Waals surface area contributed by atoms with E-state index in [4.69, 9.17) is 10.5 Å². The minimum atomic E-state index is -0.0179. The molecule has 94 valence electrons. The zero-order valence-electron chi connectivity index (χ0n) is 10.9. The van der Waals surface area contributed by atoms with Crippen LogP contribution in [0.5, 0.6) is 5.75 Å². The number of nitrogens with two attached hydrogens (primary N) is 1. The molecular formula is C16H19NO. The van der Waals surface area contributed by atoms with Crippen molar-refractivity contribution in [2.75, 3.05) is 0 Å². The van der Waals surface area contributed by atoms with Gasteiger partial charge in [-0.1, -0.05) is 48.0 Å². The number of hydrogen-bond donors (Lipinski definition) is 1. The lowest BCUT2D eigenvalue weighted by Crippen LogP contribution is -2.08. The summed E-state index contributed by atoms with van der Waals surface area (Å²) in [4.78, 5) is 0. The third-order valence-electron chi connectivity index (χ3n) is 2.89. The lowest BCUT2D eigenvalue weighted by Gasteiger charge is -2.14. The van der Waals surface area contributed by atoms with Gasteiger partial charge in [0.1, 0.15) is 12.4 Å². The zero-order valence-corrected chi connectivity index (χ0v) is 10.9. The highest BCUT2D eigenvalue weighted by Gasteiger charge is 2.08. The van der Waals surface area contributed by atoms with Gasteiger partial charge in [-0.25, -0.2) is 0 Å². The second kappa shape index (κ2) is 5.69. The molecule has 0 radical (unpaired) electrons.